The minimum Gasteiger partial charge on any atom is -0.480 e. The summed E-state index contributed by atoms with van der Waals surface area (Å²) in [7, 11) is 0. The van der Waals surface area contributed by atoms with Crippen molar-refractivity contribution in [2.24, 2.45) is 0 Å². The van der Waals surface area contributed by atoms with Gasteiger partial charge in [-0.3, -0.25) is 0 Å². The molecule has 0 saturated heterocycles. The van der Waals surface area contributed by atoms with Gasteiger partial charge in [-0.05, 0) is 37.3 Å². The fraction of sp³-hybridized carbons (Fsp3) is 0.150. The van der Waals surface area contributed by atoms with Gasteiger partial charge in [0.2, 0.25) is 0 Å². The highest BCUT2D eigenvalue weighted by atomic mass is 35.5. The number of fused-ring (bicyclic) bond motifs is 1. The summed E-state index contributed by atoms with van der Waals surface area (Å²) in [6.07, 6.45) is 0. The van der Waals surface area contributed by atoms with Crippen LogP contribution in [0, 0.1) is 0 Å². The Labute approximate surface area is 174 Å². The van der Waals surface area contributed by atoms with Gasteiger partial charge in [0.05, 0.1) is 11.6 Å². The quantitative estimate of drug-likeness (QED) is 0.323. The number of carbonyl (C=O) groups excluding carboxylic acids is 2. The van der Waals surface area contributed by atoms with E-state index in [1.807, 2.05) is 0 Å². The summed E-state index contributed by atoms with van der Waals surface area (Å²) in [5, 5.41) is 1.17. The standard InChI is InChI=1S/C20H14Cl2O7/c1-2-26-19(24)14-7-11-3-5-13(9-16(11)29-20(14)25)28-18(23)10-27-17-8-12(21)4-6-15(17)22/h3-9H,2,10H2,1H3. The molecule has 7 nitrogen and oxygen atoms in total. The predicted octanol–water partition coefficient (Wildman–Crippen LogP) is 4.26. The van der Waals surface area contributed by atoms with Gasteiger partial charge in [0, 0.05) is 22.5 Å². The lowest BCUT2D eigenvalue weighted by Gasteiger charge is -2.09. The van der Waals surface area contributed by atoms with E-state index in [2.05, 4.69) is 0 Å². The van der Waals surface area contributed by atoms with E-state index in [-0.39, 0.29) is 29.3 Å². The molecule has 0 radical (unpaired) electrons. The Balaban J connectivity index is 1.72. The van der Waals surface area contributed by atoms with Crippen molar-refractivity contribution in [3.05, 3.63) is 68.5 Å². The van der Waals surface area contributed by atoms with Crippen LogP contribution in [0.2, 0.25) is 10.0 Å². The Morgan fingerprint density at radius 2 is 1.86 bits per heavy atom. The van der Waals surface area contributed by atoms with Crippen LogP contribution in [0.4, 0.5) is 0 Å². The lowest BCUT2D eigenvalue weighted by atomic mass is 10.2. The topological polar surface area (TPSA) is 92.0 Å². The second-order valence-electron chi connectivity index (χ2n) is 5.71. The molecule has 2 aromatic carbocycles. The van der Waals surface area contributed by atoms with E-state index in [9.17, 15) is 14.4 Å². The van der Waals surface area contributed by atoms with E-state index in [1.54, 1.807) is 19.1 Å². The van der Waals surface area contributed by atoms with Crippen molar-refractivity contribution in [3.8, 4) is 11.5 Å². The molecule has 150 valence electrons. The lowest BCUT2D eigenvalue weighted by Crippen LogP contribution is -2.18. The normalized spacial score (nSPS) is 10.6. The van der Waals surface area contributed by atoms with Gasteiger partial charge in [0.25, 0.3) is 0 Å². The smallest absolute Gasteiger partial charge is 0.351 e. The van der Waals surface area contributed by atoms with Crippen molar-refractivity contribution >= 4 is 46.1 Å². The molecular formula is C20H14Cl2O7. The van der Waals surface area contributed by atoms with Crippen molar-refractivity contribution in [3.63, 3.8) is 0 Å². The molecule has 0 bridgehead atoms. The zero-order valence-electron chi connectivity index (χ0n) is 15.1. The summed E-state index contributed by atoms with van der Waals surface area (Å²) < 4.78 is 20.4. The lowest BCUT2D eigenvalue weighted by molar-refractivity contribution is -0.136. The zero-order chi connectivity index (χ0) is 21.0. The summed E-state index contributed by atoms with van der Waals surface area (Å²) in [5.41, 5.74) is -0.915. The van der Waals surface area contributed by atoms with Crippen LogP contribution in [0.15, 0.2) is 51.7 Å². The molecule has 0 spiro atoms. The number of benzene rings is 2. The minimum absolute atomic E-state index is 0.133. The minimum atomic E-state index is -0.849. The molecule has 1 heterocycles. The van der Waals surface area contributed by atoms with Crippen molar-refractivity contribution in [1.82, 2.24) is 0 Å². The van der Waals surface area contributed by atoms with E-state index < -0.39 is 24.2 Å². The Bertz CT molecular complexity index is 1140. The second kappa shape index (κ2) is 8.98. The van der Waals surface area contributed by atoms with Gasteiger partial charge in [-0.15, -0.1) is 0 Å². The summed E-state index contributed by atoms with van der Waals surface area (Å²) in [4.78, 5) is 35.8. The number of halogens is 2. The highest BCUT2D eigenvalue weighted by Gasteiger charge is 2.16. The largest absolute Gasteiger partial charge is 0.480 e. The van der Waals surface area contributed by atoms with E-state index in [1.165, 1.54) is 30.3 Å². The van der Waals surface area contributed by atoms with Crippen LogP contribution < -0.4 is 15.1 Å². The molecule has 0 aliphatic rings. The van der Waals surface area contributed by atoms with Crippen LogP contribution in [0.25, 0.3) is 11.0 Å². The fourth-order valence-electron chi connectivity index (χ4n) is 2.39. The van der Waals surface area contributed by atoms with E-state index in [4.69, 9.17) is 41.8 Å². The molecule has 0 saturated carbocycles. The highest BCUT2D eigenvalue weighted by molar-refractivity contribution is 6.34. The first kappa shape index (κ1) is 20.7. The van der Waals surface area contributed by atoms with Crippen molar-refractivity contribution in [2.45, 2.75) is 6.92 Å². The van der Waals surface area contributed by atoms with E-state index in [0.717, 1.165) is 0 Å². The Morgan fingerprint density at radius 1 is 1.07 bits per heavy atom. The third-order valence-corrected chi connectivity index (χ3v) is 4.22. The molecule has 9 heteroatoms. The molecule has 0 fully saturated rings. The number of hydrogen-bond donors (Lipinski definition) is 0. The predicted molar refractivity (Wildman–Crippen MR) is 106 cm³/mol. The van der Waals surface area contributed by atoms with Crippen LogP contribution in [0.1, 0.15) is 17.3 Å². The fourth-order valence-corrected chi connectivity index (χ4v) is 2.73. The van der Waals surface area contributed by atoms with E-state index in [0.29, 0.717) is 15.4 Å². The molecule has 1 aromatic heterocycles. The maximum Gasteiger partial charge on any atom is 0.351 e. The first-order valence-electron chi connectivity index (χ1n) is 8.41. The van der Waals surface area contributed by atoms with Crippen LogP contribution in [0.3, 0.4) is 0 Å². The van der Waals surface area contributed by atoms with E-state index >= 15 is 0 Å². The van der Waals surface area contributed by atoms with Gasteiger partial charge >= 0.3 is 17.6 Å². The van der Waals surface area contributed by atoms with Gasteiger partial charge in [-0.1, -0.05) is 23.2 Å². The van der Waals surface area contributed by atoms with Crippen LogP contribution in [-0.4, -0.2) is 25.2 Å². The Hall–Kier alpha value is -3.03. The SMILES string of the molecule is CCOC(=O)c1cc2ccc(OC(=O)COc3cc(Cl)ccc3Cl)cc2oc1=O. The van der Waals surface area contributed by atoms with Crippen molar-refractivity contribution in [2.75, 3.05) is 13.2 Å². The molecule has 3 rings (SSSR count). The first-order chi connectivity index (χ1) is 13.9. The third-order valence-electron chi connectivity index (χ3n) is 3.67. The molecule has 0 aliphatic carbocycles. The number of hydrogen-bond acceptors (Lipinski definition) is 7. The summed E-state index contributed by atoms with van der Waals surface area (Å²) in [6.45, 7) is 1.35. The van der Waals surface area contributed by atoms with Crippen molar-refractivity contribution in [1.29, 1.82) is 0 Å². The Morgan fingerprint density at radius 3 is 2.62 bits per heavy atom. The third kappa shape index (κ3) is 5.07. The van der Waals surface area contributed by atoms with Gasteiger partial charge in [-0.25, -0.2) is 14.4 Å². The Kier molecular flexibility index (Phi) is 6.41. The van der Waals surface area contributed by atoms with Crippen LogP contribution >= 0.6 is 23.2 Å². The summed E-state index contributed by atoms with van der Waals surface area (Å²) >= 11 is 11.8. The second-order valence-corrected chi connectivity index (χ2v) is 6.55. The monoisotopic (exact) mass is 436 g/mol. The number of carbonyl (C=O) groups is 2. The average molecular weight is 437 g/mol. The molecule has 0 atom stereocenters. The summed E-state index contributed by atoms with van der Waals surface area (Å²) in [5.74, 6) is -1.09. The summed E-state index contributed by atoms with van der Waals surface area (Å²) in [6, 6.07) is 10.3. The van der Waals surface area contributed by atoms with Gasteiger partial charge in [0.15, 0.2) is 6.61 Å². The molecule has 0 N–H and O–H groups in total. The number of esters is 2. The molecule has 0 amide bonds. The molecule has 0 unspecified atom stereocenters. The van der Waals surface area contributed by atoms with Crippen LogP contribution in [0.5, 0.6) is 11.5 Å². The molecule has 0 aliphatic heterocycles. The number of rotatable bonds is 6. The first-order valence-corrected chi connectivity index (χ1v) is 9.16. The molecular weight excluding hydrogens is 423 g/mol. The van der Waals surface area contributed by atoms with Gasteiger partial charge in [-0.2, -0.15) is 0 Å². The highest BCUT2D eigenvalue weighted by Crippen LogP contribution is 2.28. The maximum absolute atomic E-state index is 12.0. The maximum atomic E-state index is 12.0. The molecule has 3 aromatic rings. The zero-order valence-corrected chi connectivity index (χ0v) is 16.6. The van der Waals surface area contributed by atoms with Crippen molar-refractivity contribution < 1.29 is 28.2 Å². The van der Waals surface area contributed by atoms with Crippen LogP contribution in [-0.2, 0) is 9.53 Å². The number of ether oxygens (including phenoxy) is 3. The average Bonchev–Trinajstić information content (AvgIpc) is 2.68. The van der Waals surface area contributed by atoms with Gasteiger partial charge in [0.1, 0.15) is 22.6 Å². The van der Waals surface area contributed by atoms with Gasteiger partial charge < -0.3 is 18.6 Å². The molecule has 29 heavy (non-hydrogen) atoms.